The summed E-state index contributed by atoms with van der Waals surface area (Å²) in [6.07, 6.45) is 14.9. The molecule has 0 fully saturated rings. The van der Waals surface area contributed by atoms with Crippen molar-refractivity contribution in [3.8, 4) is 12.3 Å². The fourth-order valence-corrected chi connectivity index (χ4v) is 1.66. The van der Waals surface area contributed by atoms with Gasteiger partial charge in [-0.15, -0.1) is 12.3 Å². The third kappa shape index (κ3) is 32.5. The summed E-state index contributed by atoms with van der Waals surface area (Å²) >= 11 is 0. The van der Waals surface area contributed by atoms with E-state index < -0.39 is 17.2 Å². The molecule has 0 aromatic carbocycles. The van der Waals surface area contributed by atoms with Crippen LogP contribution in [-0.2, 0) is 48.2 Å². The van der Waals surface area contributed by atoms with Crippen molar-refractivity contribution in [2.75, 3.05) is 42.7 Å². The molecule has 0 saturated heterocycles. The van der Waals surface area contributed by atoms with Gasteiger partial charge in [-0.2, -0.15) is 0 Å². The molecule has 0 aromatic rings. The number of hydrogen-bond acceptors (Lipinski definition) is 6. The summed E-state index contributed by atoms with van der Waals surface area (Å²) < 4.78 is 28.0. The molecule has 0 bridgehead atoms. The van der Waals surface area contributed by atoms with Crippen LogP contribution in [0.1, 0.15) is 13.8 Å². The van der Waals surface area contributed by atoms with E-state index in [-0.39, 0.29) is 21.1 Å². The van der Waals surface area contributed by atoms with Gasteiger partial charge in [0.1, 0.15) is 0 Å². The van der Waals surface area contributed by atoms with Gasteiger partial charge in [0.05, 0.1) is 0 Å². The minimum absolute atomic E-state index is 0. The van der Waals surface area contributed by atoms with Crippen LogP contribution >= 0.6 is 17.2 Å². The second-order valence-electron chi connectivity index (χ2n) is 3.83. The van der Waals surface area contributed by atoms with Gasteiger partial charge < -0.3 is 27.1 Å². The summed E-state index contributed by atoms with van der Waals surface area (Å²) in [7, 11) is 7.13. The Hall–Kier alpha value is 0.348. The van der Waals surface area contributed by atoms with Crippen molar-refractivity contribution in [3.63, 3.8) is 0 Å². The first-order chi connectivity index (χ1) is 11.5. The summed E-state index contributed by atoms with van der Waals surface area (Å²) in [5, 5.41) is 0. The third-order valence-corrected chi connectivity index (χ3v) is 3.57. The molecular weight excluding hydrogens is 446 g/mol. The molecule has 0 heterocycles. The molecule has 0 aliphatic heterocycles. The number of allylic oxidation sites excluding steroid dienone is 4. The van der Waals surface area contributed by atoms with E-state index in [9.17, 15) is 0 Å². The van der Waals surface area contributed by atoms with E-state index in [1.807, 2.05) is 44.6 Å². The summed E-state index contributed by atoms with van der Waals surface area (Å²) in [6, 6.07) is 0. The first-order valence-electron chi connectivity index (χ1n) is 6.94. The summed E-state index contributed by atoms with van der Waals surface area (Å²) in [4.78, 5) is 0. The van der Waals surface area contributed by atoms with Crippen LogP contribution in [0.3, 0.4) is 0 Å². The molecule has 0 unspecified atom stereocenters. The van der Waals surface area contributed by atoms with Gasteiger partial charge >= 0.3 is 17.2 Å². The van der Waals surface area contributed by atoms with Gasteiger partial charge in [0.2, 0.25) is 0 Å². The quantitative estimate of drug-likeness (QED) is 0.309. The van der Waals surface area contributed by atoms with Gasteiger partial charge in [-0.25, -0.2) is 0 Å². The Morgan fingerprint density at radius 2 is 0.920 bits per heavy atom. The Bertz CT molecular complexity index is 294. The number of rotatable bonds is 6. The predicted molar refractivity (Wildman–Crippen MR) is 102 cm³/mol. The maximum absolute atomic E-state index is 4.92. The normalized spacial score (nSPS) is 10.8. The van der Waals surface area contributed by atoms with E-state index in [2.05, 4.69) is 33.1 Å². The molecule has 1 radical (unpaired) electrons. The van der Waals surface area contributed by atoms with Crippen LogP contribution < -0.4 is 0 Å². The van der Waals surface area contributed by atoms with Crippen molar-refractivity contribution >= 4 is 17.2 Å². The molecule has 1 aliphatic rings. The Balaban J connectivity index is -0.000000117. The molecule has 147 valence electrons. The molecular formula is C16H31MoO6P2. The zero-order valence-electron chi connectivity index (χ0n) is 16.3. The monoisotopic (exact) mass is 479 g/mol. The van der Waals surface area contributed by atoms with Crippen LogP contribution in [0.5, 0.6) is 0 Å². The minimum atomic E-state index is -1.05. The first kappa shape index (κ1) is 33.0. The summed E-state index contributed by atoms with van der Waals surface area (Å²) in [5.41, 5.74) is 0. The maximum atomic E-state index is 4.92. The second-order valence-corrected chi connectivity index (χ2v) is 6.91. The topological polar surface area (TPSA) is 55.4 Å². The van der Waals surface area contributed by atoms with Crippen LogP contribution in [0, 0.1) is 24.7 Å². The average Bonchev–Trinajstić information content (AvgIpc) is 3.19. The zero-order valence-corrected chi connectivity index (χ0v) is 20.1. The van der Waals surface area contributed by atoms with Crippen LogP contribution in [-0.4, -0.2) is 42.7 Å². The Kier molecular flexibility index (Phi) is 38.4. The van der Waals surface area contributed by atoms with Crippen molar-refractivity contribution in [2.45, 2.75) is 13.8 Å². The molecule has 0 amide bonds. The predicted octanol–water partition coefficient (Wildman–Crippen LogP) is 4.89. The van der Waals surface area contributed by atoms with Crippen molar-refractivity contribution in [2.24, 2.45) is 5.92 Å². The largest absolute Gasteiger partial charge is 0.331 e. The molecule has 0 aromatic heterocycles. The van der Waals surface area contributed by atoms with Crippen LogP contribution in [0.25, 0.3) is 0 Å². The van der Waals surface area contributed by atoms with Gasteiger partial charge in [-0.3, -0.25) is 0 Å². The molecule has 0 N–H and O–H groups in total. The molecule has 1 aliphatic carbocycles. The maximum Gasteiger partial charge on any atom is 0.331 e. The van der Waals surface area contributed by atoms with Gasteiger partial charge in [-0.05, 0) is 0 Å². The van der Waals surface area contributed by atoms with Crippen LogP contribution in [0.4, 0.5) is 0 Å². The van der Waals surface area contributed by atoms with E-state index in [1.54, 1.807) is 42.7 Å². The summed E-state index contributed by atoms with van der Waals surface area (Å²) in [6.45, 7) is 3.97. The molecule has 0 atom stereocenters. The molecule has 0 spiro atoms. The smallest absolute Gasteiger partial charge is 0.316 e. The summed E-state index contributed by atoms with van der Waals surface area (Å²) in [5.74, 6) is 2.94. The van der Waals surface area contributed by atoms with E-state index in [4.69, 9.17) is 6.42 Å². The average molecular weight is 477 g/mol. The Morgan fingerprint density at radius 3 is 0.960 bits per heavy atom. The van der Waals surface area contributed by atoms with Crippen molar-refractivity contribution in [1.29, 1.82) is 0 Å². The van der Waals surface area contributed by atoms with Gasteiger partial charge in [0.25, 0.3) is 0 Å². The third-order valence-electron chi connectivity index (χ3n) is 1.78. The molecule has 9 heteroatoms. The Labute approximate surface area is 170 Å². The van der Waals surface area contributed by atoms with Crippen molar-refractivity contribution in [3.05, 3.63) is 30.7 Å². The Morgan fingerprint density at radius 1 is 0.680 bits per heavy atom. The standard InChI is InChI=1S/C5H5.C5H8.2C3H9O3P.Mo/c1-2-4-5-3-1;1-4-5(2)3;2*1-4-7(5-2)6-3;/h1-5H;1,5H,2-3H3;2*1-3H3;. The fourth-order valence-electron chi connectivity index (χ4n) is 0.768. The van der Waals surface area contributed by atoms with E-state index >= 15 is 0 Å². The van der Waals surface area contributed by atoms with Crippen molar-refractivity contribution < 1.29 is 48.2 Å². The van der Waals surface area contributed by atoms with Gasteiger partial charge in [0, 0.05) is 76.1 Å². The van der Waals surface area contributed by atoms with E-state index in [0.29, 0.717) is 5.92 Å². The van der Waals surface area contributed by atoms with E-state index in [1.165, 1.54) is 0 Å². The van der Waals surface area contributed by atoms with Gasteiger partial charge in [-0.1, -0.05) is 38.2 Å². The molecule has 1 rings (SSSR count). The molecule has 6 nitrogen and oxygen atoms in total. The van der Waals surface area contributed by atoms with Crippen LogP contribution in [0.2, 0.25) is 0 Å². The minimum Gasteiger partial charge on any atom is -0.316 e. The first-order valence-corrected chi connectivity index (χ1v) is 9.13. The molecule has 25 heavy (non-hydrogen) atoms. The fraction of sp³-hybridized carbons (Fsp3) is 0.562. The number of hydrogen-bond donors (Lipinski definition) is 0. The SMILES string of the molecule is C#CC(C)C.COP(OC)OC.COP(OC)OC.[CH]1C=CC=C1.[Mo]. The zero-order chi connectivity index (χ0) is 19.2. The van der Waals surface area contributed by atoms with Crippen molar-refractivity contribution in [1.82, 2.24) is 0 Å². The van der Waals surface area contributed by atoms with Crippen LogP contribution in [0.15, 0.2) is 24.3 Å². The number of terminal acetylenes is 1. The molecule has 0 saturated carbocycles. The van der Waals surface area contributed by atoms with Gasteiger partial charge in [0.15, 0.2) is 0 Å². The van der Waals surface area contributed by atoms with E-state index in [0.717, 1.165) is 0 Å². The second kappa shape index (κ2) is 29.1.